The van der Waals surface area contributed by atoms with Gasteiger partial charge in [0.2, 0.25) is 0 Å². The largest absolute Gasteiger partial charge is 0.338 e. The highest BCUT2D eigenvalue weighted by molar-refractivity contribution is 4.93. The number of hydrogen-bond donors (Lipinski definition) is 1. The van der Waals surface area contributed by atoms with Crippen molar-refractivity contribution in [3.05, 3.63) is 42.7 Å². The zero-order valence-corrected chi connectivity index (χ0v) is 5.57. The molecule has 1 heterocycles. The Hall–Kier alpha value is -1.51. The molecule has 0 fully saturated rings. The van der Waals surface area contributed by atoms with Gasteiger partial charge in [0.25, 0.3) is 0 Å². The molecule has 10 heavy (non-hydrogen) atoms. The lowest BCUT2D eigenvalue weighted by Crippen LogP contribution is -2.25. The first kappa shape index (κ1) is 6.61. The van der Waals surface area contributed by atoms with Gasteiger partial charge in [0.05, 0.1) is 0 Å². The molecule has 0 amide bonds. The van der Waals surface area contributed by atoms with Gasteiger partial charge in [-0.2, -0.15) is 0 Å². The molecule has 1 rings (SSSR count). The first-order valence-corrected chi connectivity index (χ1v) is 2.92. The van der Waals surface area contributed by atoms with Crippen LogP contribution in [0.25, 0.3) is 0 Å². The van der Waals surface area contributed by atoms with Gasteiger partial charge in [0.1, 0.15) is 0 Å². The van der Waals surface area contributed by atoms with Gasteiger partial charge in [-0.1, -0.05) is 12.6 Å². The molecule has 3 heteroatoms. The molecule has 0 bridgehead atoms. The summed E-state index contributed by atoms with van der Waals surface area (Å²) in [6.45, 7) is 3.46. The molecule has 0 atom stereocenters. The van der Waals surface area contributed by atoms with E-state index in [0.717, 1.165) is 0 Å². The van der Waals surface area contributed by atoms with Gasteiger partial charge in [0, 0.05) is 12.4 Å². The molecule has 3 nitrogen and oxygen atoms in total. The number of hydrogen-bond acceptors (Lipinski definition) is 2. The third-order valence-electron chi connectivity index (χ3n) is 1.09. The zero-order valence-electron chi connectivity index (χ0n) is 5.57. The minimum Gasteiger partial charge on any atom is -0.338 e. The zero-order chi connectivity index (χ0) is 7.40. The predicted molar refractivity (Wildman–Crippen MR) is 40.3 cm³/mol. The van der Waals surface area contributed by atoms with Crippen molar-refractivity contribution in [3.8, 4) is 0 Å². The third-order valence-corrected chi connectivity index (χ3v) is 1.09. The number of pyridine rings is 1. The van der Waals surface area contributed by atoms with Gasteiger partial charge >= 0.3 is 0 Å². The molecule has 0 unspecified atom stereocenters. The minimum absolute atomic E-state index is 0.692. The minimum atomic E-state index is 0.692. The molecule has 1 aromatic heterocycles. The van der Waals surface area contributed by atoms with Crippen LogP contribution in [-0.2, 0) is 0 Å². The number of nitrogens with two attached hydrogens (primary N) is 1. The number of nitrogens with zero attached hydrogens (tertiary/aromatic N) is 2. The second-order valence-corrected chi connectivity index (χ2v) is 1.78. The fraction of sp³-hybridized carbons (Fsp3) is 0. The van der Waals surface area contributed by atoms with Crippen molar-refractivity contribution in [2.45, 2.75) is 0 Å². The summed E-state index contributed by atoms with van der Waals surface area (Å²) in [4.78, 5) is 3.91. The van der Waals surface area contributed by atoms with E-state index in [2.05, 4.69) is 11.6 Å². The number of aromatic nitrogens is 1. The van der Waals surface area contributed by atoms with Crippen molar-refractivity contribution in [1.29, 1.82) is 0 Å². The Morgan fingerprint density at radius 1 is 1.60 bits per heavy atom. The van der Waals surface area contributed by atoms with Crippen LogP contribution >= 0.6 is 0 Å². The van der Waals surface area contributed by atoms with Crippen molar-refractivity contribution in [1.82, 2.24) is 4.68 Å². The van der Waals surface area contributed by atoms with Crippen molar-refractivity contribution >= 4 is 0 Å². The van der Waals surface area contributed by atoms with Gasteiger partial charge in [0.15, 0.2) is 5.49 Å². The quantitative estimate of drug-likeness (QED) is 0.551. The Morgan fingerprint density at radius 2 is 2.40 bits per heavy atom. The average molecular weight is 135 g/mol. The number of rotatable bonds is 1. The average Bonchev–Trinajstić information content (AvgIpc) is 1.94. The lowest BCUT2D eigenvalue weighted by molar-refractivity contribution is 0.902. The van der Waals surface area contributed by atoms with Crippen LogP contribution in [0.1, 0.15) is 0 Å². The molecular weight excluding hydrogens is 126 g/mol. The normalized spacial score (nSPS) is 11.4. The SMILES string of the molecule is C=CN=c1ccccn1N. The van der Waals surface area contributed by atoms with Gasteiger partial charge < -0.3 is 5.84 Å². The van der Waals surface area contributed by atoms with E-state index in [1.165, 1.54) is 10.9 Å². The lowest BCUT2D eigenvalue weighted by Gasteiger charge is -1.94. The first-order chi connectivity index (χ1) is 4.84. The van der Waals surface area contributed by atoms with Crippen LogP contribution < -0.4 is 11.3 Å². The molecule has 0 radical (unpaired) electrons. The van der Waals surface area contributed by atoms with Crippen LogP contribution in [0.4, 0.5) is 0 Å². The molecule has 0 spiro atoms. The Kier molecular flexibility index (Phi) is 1.89. The molecule has 0 aromatic carbocycles. The van der Waals surface area contributed by atoms with Crippen LogP contribution in [0, 0.1) is 0 Å². The summed E-state index contributed by atoms with van der Waals surface area (Å²) in [5, 5.41) is 0. The van der Waals surface area contributed by atoms with Crippen LogP contribution in [0.15, 0.2) is 42.2 Å². The van der Waals surface area contributed by atoms with E-state index < -0.39 is 0 Å². The van der Waals surface area contributed by atoms with E-state index in [1.54, 1.807) is 6.20 Å². The summed E-state index contributed by atoms with van der Waals surface area (Å²) in [6, 6.07) is 5.51. The molecule has 52 valence electrons. The van der Waals surface area contributed by atoms with Crippen LogP contribution in [0.5, 0.6) is 0 Å². The van der Waals surface area contributed by atoms with Crippen molar-refractivity contribution in [3.63, 3.8) is 0 Å². The Morgan fingerprint density at radius 3 is 3.00 bits per heavy atom. The molecule has 0 saturated heterocycles. The third kappa shape index (κ3) is 1.25. The predicted octanol–water partition coefficient (Wildman–Crippen LogP) is 0.246. The van der Waals surface area contributed by atoms with Crippen molar-refractivity contribution < 1.29 is 0 Å². The van der Waals surface area contributed by atoms with Gasteiger partial charge in [-0.25, -0.2) is 4.99 Å². The van der Waals surface area contributed by atoms with Crippen LogP contribution in [-0.4, -0.2) is 4.68 Å². The fourth-order valence-corrected chi connectivity index (χ4v) is 0.650. The van der Waals surface area contributed by atoms with Gasteiger partial charge in [-0.3, -0.25) is 4.68 Å². The molecular formula is C7H9N3. The van der Waals surface area contributed by atoms with E-state index in [-0.39, 0.29) is 0 Å². The highest BCUT2D eigenvalue weighted by Crippen LogP contribution is 1.74. The lowest BCUT2D eigenvalue weighted by atomic mass is 10.5. The maximum absolute atomic E-state index is 5.48. The highest BCUT2D eigenvalue weighted by Gasteiger charge is 1.79. The summed E-state index contributed by atoms with van der Waals surface area (Å²) in [5.74, 6) is 5.48. The summed E-state index contributed by atoms with van der Waals surface area (Å²) in [6.07, 6.45) is 3.18. The highest BCUT2D eigenvalue weighted by atomic mass is 15.3. The Labute approximate surface area is 59.1 Å². The van der Waals surface area contributed by atoms with E-state index in [1.807, 2.05) is 18.2 Å². The van der Waals surface area contributed by atoms with Crippen LogP contribution in [0.2, 0.25) is 0 Å². The summed E-state index contributed by atoms with van der Waals surface area (Å²) >= 11 is 0. The van der Waals surface area contributed by atoms with E-state index >= 15 is 0 Å². The van der Waals surface area contributed by atoms with E-state index in [4.69, 9.17) is 5.84 Å². The van der Waals surface area contributed by atoms with Crippen molar-refractivity contribution in [2.75, 3.05) is 5.84 Å². The fourth-order valence-electron chi connectivity index (χ4n) is 0.650. The molecule has 2 N–H and O–H groups in total. The van der Waals surface area contributed by atoms with Crippen LogP contribution in [0.3, 0.4) is 0 Å². The Bertz CT molecular complexity index is 285. The summed E-state index contributed by atoms with van der Waals surface area (Å²) in [5.41, 5.74) is 0.692. The van der Waals surface area contributed by atoms with Crippen molar-refractivity contribution in [2.24, 2.45) is 4.99 Å². The monoisotopic (exact) mass is 135 g/mol. The molecule has 0 aliphatic heterocycles. The molecule has 1 aromatic rings. The smallest absolute Gasteiger partial charge is 0.150 e. The molecule has 0 aliphatic rings. The topological polar surface area (TPSA) is 43.3 Å². The second-order valence-electron chi connectivity index (χ2n) is 1.78. The first-order valence-electron chi connectivity index (χ1n) is 2.92. The maximum Gasteiger partial charge on any atom is 0.150 e. The summed E-state index contributed by atoms with van der Waals surface area (Å²) in [7, 11) is 0. The second kappa shape index (κ2) is 2.87. The molecule has 0 saturated carbocycles. The summed E-state index contributed by atoms with van der Waals surface area (Å²) < 4.78 is 1.43. The van der Waals surface area contributed by atoms with E-state index in [9.17, 15) is 0 Å². The maximum atomic E-state index is 5.48. The standard InChI is InChI=1S/C7H9N3/c1-2-9-7-5-3-4-6-10(7)8/h2-6H,1,8H2. The number of nitrogen functional groups attached to an aromatic ring is 1. The van der Waals surface area contributed by atoms with Gasteiger partial charge in [-0.15, -0.1) is 0 Å². The van der Waals surface area contributed by atoms with E-state index in [0.29, 0.717) is 5.49 Å². The van der Waals surface area contributed by atoms with Gasteiger partial charge in [-0.05, 0) is 12.1 Å². The molecule has 0 aliphatic carbocycles. The Balaban J connectivity index is 3.28.